The molecule has 0 aliphatic rings. The normalized spacial score (nSPS) is 11.5. The number of halogens is 1. The molecule has 0 fully saturated rings. The summed E-state index contributed by atoms with van der Waals surface area (Å²) in [6.45, 7) is 0. The quantitative estimate of drug-likeness (QED) is 0.832. The number of rotatable bonds is 3. The lowest BCUT2D eigenvalue weighted by atomic mass is 10.2. The molecule has 0 spiro atoms. The fourth-order valence-electron chi connectivity index (χ4n) is 1.38. The first-order valence-electron chi connectivity index (χ1n) is 4.71. The lowest BCUT2D eigenvalue weighted by molar-refractivity contribution is 0.413. The summed E-state index contributed by atoms with van der Waals surface area (Å²) in [7, 11) is -2.66. The fourth-order valence-corrected chi connectivity index (χ4v) is 1.76. The van der Waals surface area contributed by atoms with Gasteiger partial charge in [-0.25, -0.2) is 23.0 Å². The number of aromatic nitrogens is 3. The summed E-state index contributed by atoms with van der Waals surface area (Å²) in [6, 6.07) is 4.14. The van der Waals surface area contributed by atoms with E-state index in [0.29, 0.717) is 0 Å². The highest BCUT2D eigenvalue weighted by atomic mass is 32.2. The predicted octanol–water partition coefficient (Wildman–Crippen LogP) is 0.267. The van der Waals surface area contributed by atoms with Crippen molar-refractivity contribution in [1.82, 2.24) is 15.2 Å². The molecule has 0 atom stereocenters. The lowest BCUT2D eigenvalue weighted by Crippen LogP contribution is -2.13. The monoisotopic (exact) mass is 272 g/mol. The zero-order valence-corrected chi connectivity index (χ0v) is 10.0. The number of hydrogen-bond donors (Lipinski definition) is 2. The van der Waals surface area contributed by atoms with Gasteiger partial charge in [0.2, 0.25) is 0 Å². The van der Waals surface area contributed by atoms with Crippen molar-refractivity contribution in [3.8, 4) is 17.1 Å². The molecule has 0 bridgehead atoms. The van der Waals surface area contributed by atoms with E-state index in [2.05, 4.69) is 15.2 Å². The van der Waals surface area contributed by atoms with Crippen LogP contribution in [0.3, 0.4) is 0 Å². The van der Waals surface area contributed by atoms with Crippen LogP contribution >= 0.6 is 0 Å². The van der Waals surface area contributed by atoms with Crippen molar-refractivity contribution in [2.75, 3.05) is 7.11 Å². The maximum absolute atomic E-state index is 13.7. The van der Waals surface area contributed by atoms with Gasteiger partial charge in [-0.3, -0.25) is 0 Å². The molecule has 0 saturated carbocycles. The number of nitrogens with two attached hydrogens (primary N) is 1. The molecule has 7 nitrogen and oxygen atoms in total. The molecule has 1 aromatic carbocycles. The minimum atomic E-state index is -4.01. The van der Waals surface area contributed by atoms with Gasteiger partial charge >= 0.3 is 0 Å². The molecule has 0 amide bonds. The molecule has 18 heavy (non-hydrogen) atoms. The van der Waals surface area contributed by atoms with E-state index < -0.39 is 21.0 Å². The zero-order chi connectivity index (χ0) is 13.3. The molecule has 2 aromatic rings. The summed E-state index contributed by atoms with van der Waals surface area (Å²) in [6.07, 6.45) is 0. The Morgan fingerprint density at radius 2 is 2.17 bits per heavy atom. The Bertz CT molecular complexity index is 683. The van der Waals surface area contributed by atoms with Gasteiger partial charge in [-0.2, -0.15) is 10.1 Å². The summed E-state index contributed by atoms with van der Waals surface area (Å²) in [5.74, 6) is -0.585. The number of aromatic amines is 1. The van der Waals surface area contributed by atoms with Gasteiger partial charge in [-0.1, -0.05) is 6.07 Å². The second-order valence-electron chi connectivity index (χ2n) is 3.33. The van der Waals surface area contributed by atoms with Gasteiger partial charge in [-0.15, -0.1) is 0 Å². The predicted molar refractivity (Wildman–Crippen MR) is 59.7 cm³/mol. The Balaban J connectivity index is 2.60. The maximum Gasteiger partial charge on any atom is 0.273 e. The second kappa shape index (κ2) is 4.35. The van der Waals surface area contributed by atoms with Crippen LogP contribution in [-0.4, -0.2) is 30.7 Å². The van der Waals surface area contributed by atoms with Gasteiger partial charge < -0.3 is 4.74 Å². The van der Waals surface area contributed by atoms with Crippen molar-refractivity contribution in [3.63, 3.8) is 0 Å². The Morgan fingerprint density at radius 1 is 1.44 bits per heavy atom. The minimum absolute atomic E-state index is 0.0360. The number of primary sulfonamides is 1. The third-order valence-corrected chi connectivity index (χ3v) is 2.87. The number of sulfonamides is 1. The molecule has 3 N–H and O–H groups in total. The van der Waals surface area contributed by atoms with Crippen LogP contribution in [-0.2, 0) is 10.0 Å². The molecule has 0 unspecified atom stereocenters. The smallest absolute Gasteiger partial charge is 0.273 e. The SMILES string of the molecule is COc1cccc(F)c1-c1n[nH]c(S(N)(=O)=O)n1. The first-order valence-corrected chi connectivity index (χ1v) is 6.26. The number of benzene rings is 1. The van der Waals surface area contributed by atoms with E-state index in [1.807, 2.05) is 0 Å². The van der Waals surface area contributed by atoms with Crippen molar-refractivity contribution in [1.29, 1.82) is 0 Å². The Hall–Kier alpha value is -2.00. The van der Waals surface area contributed by atoms with Crippen molar-refractivity contribution in [2.45, 2.75) is 5.16 Å². The van der Waals surface area contributed by atoms with Crippen LogP contribution in [0.15, 0.2) is 23.4 Å². The second-order valence-corrected chi connectivity index (χ2v) is 4.80. The van der Waals surface area contributed by atoms with Crippen LogP contribution in [0, 0.1) is 5.82 Å². The van der Waals surface area contributed by atoms with Gasteiger partial charge in [0.15, 0.2) is 5.82 Å². The first-order chi connectivity index (χ1) is 8.43. The summed E-state index contributed by atoms with van der Waals surface area (Å²) >= 11 is 0. The first kappa shape index (κ1) is 12.5. The standard InChI is InChI=1S/C9H9FN4O3S/c1-17-6-4-2-3-5(10)7(6)8-12-9(14-13-8)18(11,15)16/h2-4H,1H3,(H2,11,15,16)(H,12,13,14). The van der Waals surface area contributed by atoms with Crippen LogP contribution < -0.4 is 9.88 Å². The largest absolute Gasteiger partial charge is 0.496 e. The van der Waals surface area contributed by atoms with E-state index in [1.54, 1.807) is 0 Å². The summed E-state index contributed by atoms with van der Waals surface area (Å²) in [5.41, 5.74) is -0.0360. The molecular weight excluding hydrogens is 263 g/mol. The van der Waals surface area contributed by atoms with Crippen molar-refractivity contribution < 1.29 is 17.5 Å². The molecule has 0 aliphatic heterocycles. The third kappa shape index (κ3) is 2.17. The van der Waals surface area contributed by atoms with E-state index in [1.165, 1.54) is 25.3 Å². The molecule has 2 rings (SSSR count). The molecule has 96 valence electrons. The van der Waals surface area contributed by atoms with Gasteiger partial charge in [0.1, 0.15) is 11.6 Å². The highest BCUT2D eigenvalue weighted by molar-refractivity contribution is 7.89. The Morgan fingerprint density at radius 3 is 2.72 bits per heavy atom. The molecule has 1 aromatic heterocycles. The maximum atomic E-state index is 13.7. The third-order valence-electron chi connectivity index (χ3n) is 2.15. The van der Waals surface area contributed by atoms with Crippen LogP contribution in [0.25, 0.3) is 11.4 Å². The van der Waals surface area contributed by atoms with Gasteiger partial charge in [0.25, 0.3) is 15.2 Å². The van der Waals surface area contributed by atoms with Gasteiger partial charge in [-0.05, 0) is 12.1 Å². The molecule has 0 saturated heterocycles. The highest BCUT2D eigenvalue weighted by Crippen LogP contribution is 2.29. The molecule has 9 heteroatoms. The van der Waals surface area contributed by atoms with E-state index in [0.717, 1.165) is 0 Å². The molecule has 1 heterocycles. The van der Waals surface area contributed by atoms with Crippen molar-refractivity contribution in [3.05, 3.63) is 24.0 Å². The van der Waals surface area contributed by atoms with Crippen LogP contribution in [0.5, 0.6) is 5.75 Å². The number of methoxy groups -OCH3 is 1. The Kier molecular flexibility index (Phi) is 3.01. The van der Waals surface area contributed by atoms with Crippen LogP contribution in [0.4, 0.5) is 4.39 Å². The number of hydrogen-bond acceptors (Lipinski definition) is 5. The van der Waals surface area contributed by atoms with Crippen molar-refractivity contribution >= 4 is 10.0 Å². The number of nitrogens with one attached hydrogen (secondary N) is 1. The fraction of sp³-hybridized carbons (Fsp3) is 0.111. The van der Waals surface area contributed by atoms with Gasteiger partial charge in [0.05, 0.1) is 12.7 Å². The summed E-state index contributed by atoms with van der Waals surface area (Å²) in [5, 5.41) is 10.1. The van der Waals surface area contributed by atoms with Crippen molar-refractivity contribution in [2.24, 2.45) is 5.14 Å². The summed E-state index contributed by atoms with van der Waals surface area (Å²) in [4.78, 5) is 3.62. The average molecular weight is 272 g/mol. The molecule has 0 aliphatic carbocycles. The van der Waals surface area contributed by atoms with E-state index in [4.69, 9.17) is 9.88 Å². The zero-order valence-electron chi connectivity index (χ0n) is 9.21. The van der Waals surface area contributed by atoms with E-state index in [-0.39, 0.29) is 17.1 Å². The number of H-pyrrole nitrogens is 1. The van der Waals surface area contributed by atoms with Crippen LogP contribution in [0.2, 0.25) is 0 Å². The lowest BCUT2D eigenvalue weighted by Gasteiger charge is -2.05. The minimum Gasteiger partial charge on any atom is -0.496 e. The van der Waals surface area contributed by atoms with E-state index >= 15 is 0 Å². The Labute approximate surface area is 102 Å². The molecule has 0 radical (unpaired) electrons. The molecular formula is C9H9FN4O3S. The van der Waals surface area contributed by atoms with E-state index in [9.17, 15) is 12.8 Å². The number of ether oxygens (including phenoxy) is 1. The number of nitrogens with zero attached hydrogens (tertiary/aromatic N) is 2. The highest BCUT2D eigenvalue weighted by Gasteiger charge is 2.20. The van der Waals surface area contributed by atoms with Gasteiger partial charge in [0, 0.05) is 0 Å². The summed E-state index contributed by atoms with van der Waals surface area (Å²) < 4.78 is 40.7. The topological polar surface area (TPSA) is 111 Å². The van der Waals surface area contributed by atoms with Crippen LogP contribution in [0.1, 0.15) is 0 Å². The average Bonchev–Trinajstić information content (AvgIpc) is 2.77.